The molecule has 1 nitrogen and oxygen atoms in total. The molecule has 0 bridgehead atoms. The summed E-state index contributed by atoms with van der Waals surface area (Å²) >= 11 is -1.96. The van der Waals surface area contributed by atoms with E-state index in [0.29, 0.717) is 5.92 Å². The Morgan fingerprint density at radius 3 is 1.84 bits per heavy atom. The van der Waals surface area contributed by atoms with E-state index in [0.717, 1.165) is 26.2 Å². The second kappa shape index (κ2) is 9.34. The van der Waals surface area contributed by atoms with Crippen LogP contribution < -0.4 is 8.51 Å². The number of rotatable bonds is 3. The molecule has 0 amide bonds. The van der Waals surface area contributed by atoms with Crippen LogP contribution in [0.2, 0.25) is 0 Å². The van der Waals surface area contributed by atoms with Crippen molar-refractivity contribution < 1.29 is 21.1 Å². The first-order valence-corrected chi connectivity index (χ1v) is 12.9. The Morgan fingerprint density at radius 2 is 1.40 bits per heavy atom. The standard InChI is InChI=1S/C10H16OSi.C8H13Si.CH2.2ClH.Ti/c1-5-6(2)9(11)8(4)10(12)7(5)3;1-5-4-8(9)7(3)6(5)2;;;;/h11H,1-4,12H3;5H,1-3,9H3;1H2;2*1H;/q;;;;;+1/p-1. The van der Waals surface area contributed by atoms with Gasteiger partial charge in [-0.15, -0.1) is 24.8 Å². The first-order chi connectivity index (χ1) is 10.6. The van der Waals surface area contributed by atoms with Crippen molar-refractivity contribution in [2.24, 2.45) is 5.92 Å². The third-order valence-corrected chi connectivity index (χ3v) is 12.6. The van der Waals surface area contributed by atoms with Crippen molar-refractivity contribution in [2.45, 2.75) is 48.5 Å². The summed E-state index contributed by atoms with van der Waals surface area (Å²) in [6.07, 6.45) is 0. The van der Waals surface area contributed by atoms with E-state index in [1.54, 1.807) is 9.07 Å². The van der Waals surface area contributed by atoms with Gasteiger partial charge in [0.1, 0.15) is 0 Å². The van der Waals surface area contributed by atoms with Gasteiger partial charge in [-0.05, 0) is 0 Å². The molecule has 1 aliphatic carbocycles. The Balaban J connectivity index is 0.00000288. The maximum absolute atomic E-state index is 6.63. The molecule has 0 heterocycles. The van der Waals surface area contributed by atoms with Crippen molar-refractivity contribution >= 4 is 55.3 Å². The molecule has 0 saturated heterocycles. The molecule has 2 rings (SSSR count). The molecule has 25 heavy (non-hydrogen) atoms. The SMILES string of the molecule is Cl.Cl.[CH2]=[Ti]([O]c1c(C)c(C)c(C)c([SiH3])c1C)[C]1=C([SiH3])C(C)=C(C)C1C. The summed E-state index contributed by atoms with van der Waals surface area (Å²) < 4.78 is 8.20. The van der Waals surface area contributed by atoms with Gasteiger partial charge in [-0.2, -0.15) is 0 Å². The number of allylic oxidation sites excluding steroid dienone is 4. The van der Waals surface area contributed by atoms with Gasteiger partial charge in [0.05, 0.1) is 0 Å². The molecule has 0 spiro atoms. The summed E-state index contributed by atoms with van der Waals surface area (Å²) in [6.45, 7) is 15.8. The normalized spacial score (nSPS) is 16.8. The molecule has 1 aliphatic rings. The molecule has 1 atom stereocenters. The van der Waals surface area contributed by atoms with Gasteiger partial charge in [-0.1, -0.05) is 0 Å². The zero-order valence-corrected chi connectivity index (χ0v) is 24.2. The summed E-state index contributed by atoms with van der Waals surface area (Å²) in [7, 11) is 2.18. The first-order valence-electron chi connectivity index (χ1n) is 8.42. The molecule has 1 aromatic rings. The second-order valence-corrected chi connectivity index (χ2v) is 11.5. The van der Waals surface area contributed by atoms with Gasteiger partial charge in [0.2, 0.25) is 0 Å². The summed E-state index contributed by atoms with van der Waals surface area (Å²) in [6, 6.07) is 0. The van der Waals surface area contributed by atoms with Crippen LogP contribution in [0.1, 0.15) is 43.0 Å². The van der Waals surface area contributed by atoms with E-state index >= 15 is 0 Å². The molecule has 6 heteroatoms. The number of halogens is 2. The molecule has 0 aromatic heterocycles. The van der Waals surface area contributed by atoms with Crippen molar-refractivity contribution in [3.05, 3.63) is 42.5 Å². The van der Waals surface area contributed by atoms with Crippen LogP contribution in [0.5, 0.6) is 5.75 Å². The van der Waals surface area contributed by atoms with Crippen LogP contribution in [0.15, 0.2) is 20.2 Å². The predicted octanol–water partition coefficient (Wildman–Crippen LogP) is 2.66. The van der Waals surface area contributed by atoms with Crippen LogP contribution in [0, 0.1) is 33.6 Å². The summed E-state index contributed by atoms with van der Waals surface area (Å²) in [5, 5.41) is 3.07. The molecule has 0 radical (unpaired) electrons. The van der Waals surface area contributed by atoms with Gasteiger partial charge >= 0.3 is 154 Å². The van der Waals surface area contributed by atoms with Crippen molar-refractivity contribution in [3.63, 3.8) is 0 Å². The number of hydrogen-bond acceptors (Lipinski definition) is 1. The third-order valence-electron chi connectivity index (χ3n) is 6.10. The molecular formula is C19H32Cl2OSi2Ti. The Labute approximate surface area is 178 Å². The zero-order chi connectivity index (χ0) is 17.6. The van der Waals surface area contributed by atoms with Crippen LogP contribution in [0.25, 0.3) is 0 Å². The first kappa shape index (κ1) is 25.1. The average molecular weight is 451 g/mol. The summed E-state index contributed by atoms with van der Waals surface area (Å²) in [5.41, 5.74) is 8.55. The third kappa shape index (κ3) is 4.34. The van der Waals surface area contributed by atoms with Gasteiger partial charge in [0.15, 0.2) is 0 Å². The number of benzene rings is 1. The zero-order valence-electron chi connectivity index (χ0n) is 17.0. The Morgan fingerprint density at radius 1 is 0.880 bits per heavy atom. The van der Waals surface area contributed by atoms with Gasteiger partial charge in [0, 0.05) is 0 Å². The molecule has 0 aliphatic heterocycles. The fraction of sp³-hybridized carbons (Fsp3) is 0.421. The quantitative estimate of drug-likeness (QED) is 0.643. The number of hydrogen-bond donors (Lipinski definition) is 0. The van der Waals surface area contributed by atoms with Crippen LogP contribution in [0.3, 0.4) is 0 Å². The van der Waals surface area contributed by atoms with E-state index in [1.165, 1.54) is 38.6 Å². The van der Waals surface area contributed by atoms with Crippen molar-refractivity contribution in [1.29, 1.82) is 0 Å². The van der Waals surface area contributed by atoms with E-state index in [9.17, 15) is 0 Å². The van der Waals surface area contributed by atoms with E-state index < -0.39 is 17.8 Å². The Bertz CT molecular complexity index is 753. The summed E-state index contributed by atoms with van der Waals surface area (Å²) in [4.78, 5) is 4.54. The van der Waals surface area contributed by atoms with Gasteiger partial charge in [0.25, 0.3) is 0 Å². The van der Waals surface area contributed by atoms with E-state index in [4.69, 9.17) is 3.32 Å². The Hall–Kier alpha value is 0.0981. The molecule has 0 fully saturated rings. The van der Waals surface area contributed by atoms with Gasteiger partial charge in [-0.3, -0.25) is 0 Å². The average Bonchev–Trinajstić information content (AvgIpc) is 2.71. The molecule has 0 N–H and O–H groups in total. The monoisotopic (exact) mass is 450 g/mol. The fourth-order valence-electron chi connectivity index (χ4n) is 3.61. The Kier molecular flexibility index (Phi) is 9.38. The molecular weight excluding hydrogens is 419 g/mol. The van der Waals surface area contributed by atoms with Crippen LogP contribution in [-0.4, -0.2) is 25.3 Å². The summed E-state index contributed by atoms with van der Waals surface area (Å²) in [5.74, 6) is 1.68. The fourth-order valence-corrected chi connectivity index (χ4v) is 9.26. The van der Waals surface area contributed by atoms with E-state index in [2.05, 4.69) is 53.3 Å². The van der Waals surface area contributed by atoms with Crippen LogP contribution in [-0.2, 0) is 17.8 Å². The predicted molar refractivity (Wildman–Crippen MR) is 122 cm³/mol. The van der Waals surface area contributed by atoms with Crippen molar-refractivity contribution in [3.8, 4) is 5.75 Å². The minimum absolute atomic E-state index is 0. The van der Waals surface area contributed by atoms with Gasteiger partial charge < -0.3 is 0 Å². The van der Waals surface area contributed by atoms with Crippen LogP contribution >= 0.6 is 24.8 Å². The van der Waals surface area contributed by atoms with Crippen molar-refractivity contribution in [1.82, 2.24) is 0 Å². The van der Waals surface area contributed by atoms with Gasteiger partial charge in [-0.25, -0.2) is 0 Å². The van der Waals surface area contributed by atoms with E-state index in [-0.39, 0.29) is 24.8 Å². The maximum atomic E-state index is 6.63. The molecule has 140 valence electrons. The molecule has 1 unspecified atom stereocenters. The van der Waals surface area contributed by atoms with Crippen LogP contribution in [0.4, 0.5) is 0 Å². The molecule has 0 saturated carbocycles. The second-order valence-electron chi connectivity index (χ2n) is 7.05. The topological polar surface area (TPSA) is 9.23 Å². The van der Waals surface area contributed by atoms with Crippen molar-refractivity contribution in [2.75, 3.05) is 0 Å². The minimum atomic E-state index is -1.96. The molecule has 1 aromatic carbocycles. The van der Waals surface area contributed by atoms with E-state index in [1.807, 2.05) is 0 Å².